The molecule has 0 spiro atoms. The Labute approximate surface area is 412 Å². The molecule has 0 saturated carbocycles. The van der Waals surface area contributed by atoms with Gasteiger partial charge in [0.05, 0.1) is 0 Å². The van der Waals surface area contributed by atoms with Gasteiger partial charge in [-0.25, -0.2) is 0 Å². The van der Waals surface area contributed by atoms with Crippen LogP contribution in [0.25, 0.3) is 0 Å². The van der Waals surface area contributed by atoms with Crippen LogP contribution in [0.5, 0.6) is 0 Å². The molecule has 0 heterocycles. The molecule has 0 fully saturated rings. The maximum absolute atomic E-state index is 12.8. The van der Waals surface area contributed by atoms with E-state index >= 15 is 0 Å². The van der Waals surface area contributed by atoms with E-state index in [-0.39, 0.29) is 44.0 Å². The van der Waals surface area contributed by atoms with Gasteiger partial charge in [0.2, 0.25) is 0 Å². The van der Waals surface area contributed by atoms with E-state index in [2.05, 4.69) is 130 Å². The van der Waals surface area contributed by atoms with Gasteiger partial charge < -0.3 is 14.2 Å². The van der Waals surface area contributed by atoms with Crippen LogP contribution in [-0.4, -0.2) is 37.2 Å². The number of carbonyl (C=O) groups is 3. The summed E-state index contributed by atoms with van der Waals surface area (Å²) in [6.07, 6.45) is 73.7. The first-order valence-corrected chi connectivity index (χ1v) is 27.4. The van der Waals surface area contributed by atoms with Crippen molar-refractivity contribution in [3.63, 3.8) is 0 Å². The summed E-state index contributed by atoms with van der Waals surface area (Å²) in [5, 5.41) is 0. The topological polar surface area (TPSA) is 78.9 Å². The van der Waals surface area contributed by atoms with Crippen LogP contribution in [0.15, 0.2) is 109 Å². The molecule has 0 radical (unpaired) electrons. The Bertz CT molecular complexity index is 1390. The fourth-order valence-electron chi connectivity index (χ4n) is 7.18. The number of allylic oxidation sites excluding steroid dienone is 18. The van der Waals surface area contributed by atoms with E-state index in [1.807, 2.05) is 0 Å². The molecule has 0 aromatic carbocycles. The molecule has 0 rings (SSSR count). The zero-order valence-corrected chi connectivity index (χ0v) is 43.4. The highest BCUT2D eigenvalue weighted by atomic mass is 16.6. The van der Waals surface area contributed by atoms with Gasteiger partial charge in [-0.05, 0) is 103 Å². The summed E-state index contributed by atoms with van der Waals surface area (Å²) in [7, 11) is 0. The van der Waals surface area contributed by atoms with Crippen LogP contribution in [-0.2, 0) is 28.6 Å². The van der Waals surface area contributed by atoms with Crippen molar-refractivity contribution >= 4 is 17.9 Å². The van der Waals surface area contributed by atoms with Crippen LogP contribution < -0.4 is 0 Å². The average molecular weight is 929 g/mol. The highest BCUT2D eigenvalue weighted by molar-refractivity contribution is 5.71. The number of hydrogen-bond acceptors (Lipinski definition) is 6. The molecular weight excluding hydrogens is 829 g/mol. The first-order chi connectivity index (χ1) is 33.0. The molecule has 0 bridgehead atoms. The van der Waals surface area contributed by atoms with E-state index in [4.69, 9.17) is 14.2 Å². The van der Waals surface area contributed by atoms with E-state index in [0.29, 0.717) is 19.3 Å². The minimum Gasteiger partial charge on any atom is -0.462 e. The summed E-state index contributed by atoms with van der Waals surface area (Å²) in [6.45, 7) is 6.39. The molecule has 0 saturated heterocycles. The molecule has 67 heavy (non-hydrogen) atoms. The van der Waals surface area contributed by atoms with Gasteiger partial charge >= 0.3 is 17.9 Å². The Hall–Kier alpha value is -3.93. The zero-order valence-electron chi connectivity index (χ0n) is 43.4. The number of esters is 3. The Morgan fingerprint density at radius 2 is 0.657 bits per heavy atom. The highest BCUT2D eigenvalue weighted by Crippen LogP contribution is 2.13. The number of rotatable bonds is 48. The van der Waals surface area contributed by atoms with Gasteiger partial charge in [0.1, 0.15) is 13.2 Å². The Morgan fingerprint density at radius 3 is 1.09 bits per heavy atom. The predicted octanol–water partition coefficient (Wildman–Crippen LogP) is 18.3. The third-order valence-corrected chi connectivity index (χ3v) is 11.3. The van der Waals surface area contributed by atoms with E-state index in [0.717, 1.165) is 70.6 Å². The number of carbonyl (C=O) groups excluding carboxylic acids is 3. The molecule has 380 valence electrons. The van der Waals surface area contributed by atoms with Crippen molar-refractivity contribution in [3.05, 3.63) is 109 Å². The maximum atomic E-state index is 12.8. The van der Waals surface area contributed by atoms with Gasteiger partial charge in [-0.3, -0.25) is 14.4 Å². The molecule has 0 aliphatic heterocycles. The monoisotopic (exact) mass is 929 g/mol. The fourth-order valence-corrected chi connectivity index (χ4v) is 7.18. The van der Waals surface area contributed by atoms with Crippen molar-refractivity contribution in [3.8, 4) is 0 Å². The minimum absolute atomic E-state index is 0.122. The van der Waals surface area contributed by atoms with Crippen LogP contribution in [0.1, 0.15) is 239 Å². The summed E-state index contributed by atoms with van der Waals surface area (Å²) >= 11 is 0. The fraction of sp³-hybridized carbons (Fsp3) is 0.656. The Balaban J connectivity index is 4.57. The second kappa shape index (κ2) is 54.7. The molecule has 6 nitrogen and oxygen atoms in total. The first kappa shape index (κ1) is 63.1. The number of ether oxygens (including phenoxy) is 3. The van der Waals surface area contributed by atoms with Crippen molar-refractivity contribution in [1.29, 1.82) is 0 Å². The third kappa shape index (κ3) is 52.9. The smallest absolute Gasteiger partial charge is 0.306 e. The van der Waals surface area contributed by atoms with E-state index in [1.54, 1.807) is 0 Å². The maximum Gasteiger partial charge on any atom is 0.306 e. The molecule has 1 unspecified atom stereocenters. The summed E-state index contributed by atoms with van der Waals surface area (Å²) < 4.78 is 16.7. The van der Waals surface area contributed by atoms with Gasteiger partial charge in [-0.1, -0.05) is 226 Å². The van der Waals surface area contributed by atoms with Crippen LogP contribution in [0.4, 0.5) is 0 Å². The standard InChI is InChI=1S/C61H100O6/c1-4-7-10-13-16-19-22-25-28-30-33-36-39-42-45-48-51-54-60(63)66-57-58(56-65-59(62)53-50-47-44-41-38-35-32-27-24-21-18-15-12-9-6-3)67-61(64)55-52-49-46-43-40-37-34-31-29-26-23-20-17-14-11-8-5-2/h9,12,15,18,21,24-26,28-29,33-34,36-37,42-43,45-46,58H,4-8,10-11,13-14,16-17,19-20,22-23,27,30-32,35,38-41,44,47-57H2,1-3H3/b12-9-,18-15-,24-21-,28-25-,29-26-,36-33-,37-34-,45-42-,46-43-. The largest absolute Gasteiger partial charge is 0.462 e. The Kier molecular flexibility index (Phi) is 51.5. The second-order valence-electron chi connectivity index (χ2n) is 17.8. The van der Waals surface area contributed by atoms with Crippen LogP contribution >= 0.6 is 0 Å². The van der Waals surface area contributed by atoms with Gasteiger partial charge in [0.15, 0.2) is 6.10 Å². The normalized spacial score (nSPS) is 12.9. The minimum atomic E-state index is -0.832. The molecule has 6 heteroatoms. The van der Waals surface area contributed by atoms with Crippen LogP contribution in [0.2, 0.25) is 0 Å². The SMILES string of the molecule is CC\C=C/C=C\C=C/CCCCCCCCCC(=O)OCC(COC(=O)CCC/C=C\C/C=C\C/C=C\CCCCCCCC)OC(=O)CCC/C=C\C/C=C\C/C=C\CCCCCCCC. The van der Waals surface area contributed by atoms with Gasteiger partial charge in [-0.2, -0.15) is 0 Å². The van der Waals surface area contributed by atoms with Crippen molar-refractivity contribution in [2.75, 3.05) is 13.2 Å². The van der Waals surface area contributed by atoms with E-state index in [1.165, 1.54) is 116 Å². The van der Waals surface area contributed by atoms with Crippen LogP contribution in [0.3, 0.4) is 0 Å². The molecule has 0 aromatic heterocycles. The summed E-state index contributed by atoms with van der Waals surface area (Å²) in [6, 6.07) is 0. The van der Waals surface area contributed by atoms with Crippen molar-refractivity contribution in [2.24, 2.45) is 0 Å². The lowest BCUT2D eigenvalue weighted by atomic mass is 10.1. The molecule has 0 amide bonds. The second-order valence-corrected chi connectivity index (χ2v) is 17.8. The lowest BCUT2D eigenvalue weighted by Gasteiger charge is -2.18. The molecule has 1 atom stereocenters. The highest BCUT2D eigenvalue weighted by Gasteiger charge is 2.19. The summed E-state index contributed by atoms with van der Waals surface area (Å²) in [5.41, 5.74) is 0. The average Bonchev–Trinajstić information content (AvgIpc) is 3.33. The van der Waals surface area contributed by atoms with Gasteiger partial charge in [0, 0.05) is 19.3 Å². The quantitative estimate of drug-likeness (QED) is 0.0199. The third-order valence-electron chi connectivity index (χ3n) is 11.3. The molecule has 0 aliphatic carbocycles. The number of unbranched alkanes of at least 4 members (excludes halogenated alkanes) is 21. The van der Waals surface area contributed by atoms with Crippen molar-refractivity contribution in [2.45, 2.75) is 245 Å². The lowest BCUT2D eigenvalue weighted by Crippen LogP contribution is -2.30. The van der Waals surface area contributed by atoms with E-state index < -0.39 is 6.10 Å². The Morgan fingerprint density at radius 1 is 0.328 bits per heavy atom. The summed E-state index contributed by atoms with van der Waals surface area (Å²) in [4.78, 5) is 38.0. The molecule has 0 aromatic rings. The zero-order chi connectivity index (χ0) is 48.6. The summed E-state index contributed by atoms with van der Waals surface area (Å²) in [5.74, 6) is -1.04. The van der Waals surface area contributed by atoms with Crippen molar-refractivity contribution < 1.29 is 28.6 Å². The molecule has 0 N–H and O–H groups in total. The number of hydrogen-bond donors (Lipinski definition) is 0. The van der Waals surface area contributed by atoms with Crippen LogP contribution in [0, 0.1) is 0 Å². The van der Waals surface area contributed by atoms with Crippen molar-refractivity contribution in [1.82, 2.24) is 0 Å². The predicted molar refractivity (Wildman–Crippen MR) is 288 cm³/mol. The van der Waals surface area contributed by atoms with Gasteiger partial charge in [0.25, 0.3) is 0 Å². The molecular formula is C61H100O6. The van der Waals surface area contributed by atoms with Gasteiger partial charge in [-0.15, -0.1) is 0 Å². The first-order valence-electron chi connectivity index (χ1n) is 27.4. The molecule has 0 aliphatic rings. The van der Waals surface area contributed by atoms with E-state index in [9.17, 15) is 14.4 Å². The lowest BCUT2D eigenvalue weighted by molar-refractivity contribution is -0.167.